The first-order chi connectivity index (χ1) is 9.38. The van der Waals surface area contributed by atoms with Crippen LogP contribution >= 0.6 is 0 Å². The Balaban J connectivity index is 2.28. The van der Waals surface area contributed by atoms with Gasteiger partial charge in [0, 0.05) is 12.0 Å². The number of Topliss-reactive ketones (excluding diaryl/α,β-unsaturated/α-hetero) is 1. The molecule has 0 aromatic heterocycles. The Morgan fingerprint density at radius 3 is 2.20 bits per heavy atom. The predicted molar refractivity (Wildman–Crippen MR) is 79.6 cm³/mol. The molecule has 0 fully saturated rings. The van der Waals surface area contributed by atoms with Crippen molar-refractivity contribution in [3.05, 3.63) is 71.0 Å². The van der Waals surface area contributed by atoms with Crippen LogP contribution in [0.4, 0.5) is 4.39 Å². The van der Waals surface area contributed by atoms with E-state index in [1.165, 1.54) is 12.1 Å². The molecule has 0 amide bonds. The Kier molecular flexibility index (Phi) is 4.03. The SMILES string of the molecule is CC(C)(C)c1ccccc1C(=O)Cc1ccc(F)cc1. The molecule has 1 nitrogen and oxygen atoms in total. The van der Waals surface area contributed by atoms with E-state index in [4.69, 9.17) is 0 Å². The van der Waals surface area contributed by atoms with Gasteiger partial charge in [0.1, 0.15) is 5.82 Å². The van der Waals surface area contributed by atoms with Crippen LogP contribution in [0, 0.1) is 5.82 Å². The van der Waals surface area contributed by atoms with E-state index in [1.54, 1.807) is 12.1 Å². The highest BCUT2D eigenvalue weighted by molar-refractivity contribution is 5.99. The molecule has 0 aliphatic carbocycles. The number of ketones is 1. The highest BCUT2D eigenvalue weighted by Gasteiger charge is 2.21. The van der Waals surface area contributed by atoms with Gasteiger partial charge >= 0.3 is 0 Å². The van der Waals surface area contributed by atoms with Crippen LogP contribution in [-0.4, -0.2) is 5.78 Å². The molecule has 0 saturated carbocycles. The third-order valence-corrected chi connectivity index (χ3v) is 3.31. The minimum atomic E-state index is -0.281. The van der Waals surface area contributed by atoms with E-state index < -0.39 is 0 Å². The smallest absolute Gasteiger partial charge is 0.167 e. The van der Waals surface area contributed by atoms with Gasteiger partial charge in [-0.1, -0.05) is 57.2 Å². The molecule has 2 aromatic carbocycles. The standard InChI is InChI=1S/C18H19FO/c1-18(2,3)16-7-5-4-6-15(16)17(20)12-13-8-10-14(19)11-9-13/h4-11H,12H2,1-3H3. The van der Waals surface area contributed by atoms with Gasteiger partial charge in [0.15, 0.2) is 5.78 Å². The average Bonchev–Trinajstić information content (AvgIpc) is 2.40. The lowest BCUT2D eigenvalue weighted by Gasteiger charge is -2.22. The molecule has 0 unspecified atom stereocenters. The van der Waals surface area contributed by atoms with Crippen molar-refractivity contribution in [1.29, 1.82) is 0 Å². The van der Waals surface area contributed by atoms with Crippen LogP contribution in [0.3, 0.4) is 0 Å². The third kappa shape index (κ3) is 3.32. The number of rotatable bonds is 3. The number of carbonyl (C=O) groups is 1. The zero-order chi connectivity index (χ0) is 14.8. The molecule has 0 radical (unpaired) electrons. The van der Waals surface area contributed by atoms with E-state index >= 15 is 0 Å². The van der Waals surface area contributed by atoms with Gasteiger partial charge in [-0.05, 0) is 28.7 Å². The molecule has 0 N–H and O–H groups in total. The second kappa shape index (κ2) is 5.58. The first kappa shape index (κ1) is 14.4. The summed E-state index contributed by atoms with van der Waals surface area (Å²) in [6, 6.07) is 13.8. The van der Waals surface area contributed by atoms with E-state index in [1.807, 2.05) is 24.3 Å². The molecule has 0 saturated heterocycles. The second-order valence-corrected chi connectivity index (χ2v) is 6.02. The van der Waals surface area contributed by atoms with Gasteiger partial charge in [-0.15, -0.1) is 0 Å². The summed E-state index contributed by atoms with van der Waals surface area (Å²) in [5.74, 6) is -0.210. The van der Waals surface area contributed by atoms with Crippen molar-refractivity contribution in [3.8, 4) is 0 Å². The number of carbonyl (C=O) groups excluding carboxylic acids is 1. The summed E-state index contributed by atoms with van der Waals surface area (Å²) in [6.07, 6.45) is 0.299. The van der Waals surface area contributed by atoms with E-state index in [-0.39, 0.29) is 17.0 Å². The van der Waals surface area contributed by atoms with Crippen molar-refractivity contribution in [3.63, 3.8) is 0 Å². The summed E-state index contributed by atoms with van der Waals surface area (Å²) in [6.45, 7) is 6.28. The summed E-state index contributed by atoms with van der Waals surface area (Å²) in [5.41, 5.74) is 2.56. The van der Waals surface area contributed by atoms with Gasteiger partial charge < -0.3 is 0 Å². The van der Waals surface area contributed by atoms with Gasteiger partial charge in [0.25, 0.3) is 0 Å². The Hall–Kier alpha value is -1.96. The fraction of sp³-hybridized carbons (Fsp3) is 0.278. The fourth-order valence-electron chi connectivity index (χ4n) is 2.26. The summed E-state index contributed by atoms with van der Waals surface area (Å²) < 4.78 is 12.9. The molecule has 104 valence electrons. The minimum absolute atomic E-state index is 0.0714. The van der Waals surface area contributed by atoms with Crippen LogP contribution in [0.2, 0.25) is 0 Å². The minimum Gasteiger partial charge on any atom is -0.294 e. The van der Waals surface area contributed by atoms with Crippen LogP contribution in [0.1, 0.15) is 42.3 Å². The number of halogens is 1. The van der Waals surface area contributed by atoms with Gasteiger partial charge in [-0.25, -0.2) is 4.39 Å². The number of benzene rings is 2. The molecule has 0 aliphatic heterocycles. The van der Waals surface area contributed by atoms with Crippen molar-refractivity contribution in [2.75, 3.05) is 0 Å². The molecule has 2 heteroatoms. The summed E-state index contributed by atoms with van der Waals surface area (Å²) in [4.78, 5) is 12.5. The quantitative estimate of drug-likeness (QED) is 0.748. The van der Waals surface area contributed by atoms with E-state index in [9.17, 15) is 9.18 Å². The third-order valence-electron chi connectivity index (χ3n) is 3.31. The Bertz CT molecular complexity index is 606. The Labute approximate surface area is 119 Å². The van der Waals surface area contributed by atoms with Crippen LogP contribution < -0.4 is 0 Å². The maximum atomic E-state index is 12.9. The monoisotopic (exact) mass is 270 g/mol. The molecular formula is C18H19FO. The first-order valence-corrected chi connectivity index (χ1v) is 6.75. The molecule has 0 atom stereocenters. The molecule has 2 rings (SSSR count). The molecule has 0 bridgehead atoms. The van der Waals surface area contributed by atoms with E-state index in [0.29, 0.717) is 6.42 Å². The Morgan fingerprint density at radius 1 is 1.00 bits per heavy atom. The topological polar surface area (TPSA) is 17.1 Å². The Morgan fingerprint density at radius 2 is 1.60 bits per heavy atom. The van der Waals surface area contributed by atoms with Crippen LogP contribution in [0.5, 0.6) is 0 Å². The van der Waals surface area contributed by atoms with E-state index in [2.05, 4.69) is 20.8 Å². The lowest BCUT2D eigenvalue weighted by Crippen LogP contribution is -2.17. The zero-order valence-electron chi connectivity index (χ0n) is 12.1. The van der Waals surface area contributed by atoms with Gasteiger partial charge in [-0.3, -0.25) is 4.79 Å². The maximum Gasteiger partial charge on any atom is 0.167 e. The second-order valence-electron chi connectivity index (χ2n) is 6.02. The van der Waals surface area contributed by atoms with Gasteiger partial charge in [-0.2, -0.15) is 0 Å². The largest absolute Gasteiger partial charge is 0.294 e. The predicted octanol–water partition coefficient (Wildman–Crippen LogP) is 4.55. The lowest BCUT2D eigenvalue weighted by atomic mass is 9.82. The molecule has 20 heavy (non-hydrogen) atoms. The van der Waals surface area contributed by atoms with Crippen LogP contribution in [-0.2, 0) is 11.8 Å². The van der Waals surface area contributed by atoms with Crippen molar-refractivity contribution < 1.29 is 9.18 Å². The molecule has 2 aromatic rings. The normalized spacial score (nSPS) is 11.4. The van der Waals surface area contributed by atoms with Crippen LogP contribution in [0.15, 0.2) is 48.5 Å². The molecule has 0 heterocycles. The zero-order valence-corrected chi connectivity index (χ0v) is 12.1. The molecule has 0 spiro atoms. The molecule has 0 aliphatic rings. The lowest BCUT2D eigenvalue weighted by molar-refractivity contribution is 0.0991. The summed E-state index contributed by atoms with van der Waals surface area (Å²) in [5, 5.41) is 0. The van der Waals surface area contributed by atoms with Gasteiger partial charge in [0.2, 0.25) is 0 Å². The summed E-state index contributed by atoms with van der Waals surface area (Å²) >= 11 is 0. The number of hydrogen-bond donors (Lipinski definition) is 0. The van der Waals surface area contributed by atoms with E-state index in [0.717, 1.165) is 16.7 Å². The summed E-state index contributed by atoms with van der Waals surface area (Å²) in [7, 11) is 0. The van der Waals surface area contributed by atoms with Crippen LogP contribution in [0.25, 0.3) is 0 Å². The molecular weight excluding hydrogens is 251 g/mol. The highest BCUT2D eigenvalue weighted by atomic mass is 19.1. The van der Waals surface area contributed by atoms with Crippen molar-refractivity contribution in [2.45, 2.75) is 32.6 Å². The maximum absolute atomic E-state index is 12.9. The number of hydrogen-bond acceptors (Lipinski definition) is 1. The van der Waals surface area contributed by atoms with Gasteiger partial charge in [0.05, 0.1) is 0 Å². The average molecular weight is 270 g/mol. The first-order valence-electron chi connectivity index (χ1n) is 6.75. The van der Waals surface area contributed by atoms with Crippen molar-refractivity contribution in [1.82, 2.24) is 0 Å². The fourth-order valence-corrected chi connectivity index (χ4v) is 2.26. The highest BCUT2D eigenvalue weighted by Crippen LogP contribution is 2.26. The van der Waals surface area contributed by atoms with Crippen molar-refractivity contribution in [2.24, 2.45) is 0 Å². The van der Waals surface area contributed by atoms with Crippen molar-refractivity contribution >= 4 is 5.78 Å².